The first kappa shape index (κ1) is 10.0. The van der Waals surface area contributed by atoms with Crippen molar-refractivity contribution in [1.29, 1.82) is 0 Å². The van der Waals surface area contributed by atoms with Crippen LogP contribution in [0.15, 0.2) is 0 Å². The molecule has 1 saturated carbocycles. The van der Waals surface area contributed by atoms with Crippen LogP contribution in [-0.2, 0) is 0 Å². The van der Waals surface area contributed by atoms with Crippen LogP contribution in [0.5, 0.6) is 0 Å². The van der Waals surface area contributed by atoms with E-state index in [1.165, 1.54) is 19.3 Å². The molecule has 0 bridgehead atoms. The molecule has 1 fully saturated rings. The SMILES string of the molecule is CNCCC1CCC(C)(O)CC1. The maximum absolute atomic E-state index is 9.70. The van der Waals surface area contributed by atoms with E-state index in [4.69, 9.17) is 0 Å². The summed E-state index contributed by atoms with van der Waals surface area (Å²) in [6, 6.07) is 0. The first-order valence-corrected chi connectivity index (χ1v) is 5.01. The molecule has 1 rings (SSSR count). The molecular formula is C10H21NO. The number of aliphatic hydroxyl groups is 1. The molecule has 0 aromatic carbocycles. The van der Waals surface area contributed by atoms with Gasteiger partial charge in [-0.15, -0.1) is 0 Å². The van der Waals surface area contributed by atoms with Crippen molar-refractivity contribution < 1.29 is 5.11 Å². The zero-order valence-electron chi connectivity index (χ0n) is 8.27. The fourth-order valence-corrected chi connectivity index (χ4v) is 1.94. The summed E-state index contributed by atoms with van der Waals surface area (Å²) in [5, 5.41) is 12.9. The summed E-state index contributed by atoms with van der Waals surface area (Å²) < 4.78 is 0. The molecule has 2 N–H and O–H groups in total. The zero-order chi connectivity index (χ0) is 9.03. The fourth-order valence-electron chi connectivity index (χ4n) is 1.94. The molecule has 0 aliphatic heterocycles. The summed E-state index contributed by atoms with van der Waals surface area (Å²) >= 11 is 0. The zero-order valence-corrected chi connectivity index (χ0v) is 8.27. The highest BCUT2D eigenvalue weighted by molar-refractivity contribution is 4.81. The van der Waals surface area contributed by atoms with Gasteiger partial charge < -0.3 is 10.4 Å². The molecule has 0 atom stereocenters. The molecule has 0 saturated heterocycles. The maximum atomic E-state index is 9.70. The van der Waals surface area contributed by atoms with E-state index in [-0.39, 0.29) is 5.60 Å². The molecule has 1 aliphatic rings. The predicted octanol–water partition coefficient (Wildman–Crippen LogP) is 1.54. The molecule has 2 nitrogen and oxygen atoms in total. The van der Waals surface area contributed by atoms with Gasteiger partial charge >= 0.3 is 0 Å². The molecule has 12 heavy (non-hydrogen) atoms. The Kier molecular flexibility index (Phi) is 3.53. The standard InChI is InChI=1S/C10H21NO/c1-10(12)6-3-9(4-7-10)5-8-11-2/h9,11-12H,3-8H2,1-2H3. The Morgan fingerprint density at radius 2 is 2.00 bits per heavy atom. The van der Waals surface area contributed by atoms with E-state index in [1.54, 1.807) is 0 Å². The minimum atomic E-state index is -0.365. The molecule has 0 aromatic heterocycles. The third-order valence-electron chi connectivity index (χ3n) is 2.98. The molecule has 72 valence electrons. The van der Waals surface area contributed by atoms with Gasteiger partial charge in [0.1, 0.15) is 0 Å². The third kappa shape index (κ3) is 3.11. The van der Waals surface area contributed by atoms with Gasteiger partial charge in [-0.2, -0.15) is 0 Å². The highest BCUT2D eigenvalue weighted by Crippen LogP contribution is 2.32. The Hall–Kier alpha value is -0.0800. The Morgan fingerprint density at radius 1 is 1.42 bits per heavy atom. The smallest absolute Gasteiger partial charge is 0.0620 e. The van der Waals surface area contributed by atoms with Crippen LogP contribution in [0.25, 0.3) is 0 Å². The Bertz CT molecular complexity index is 124. The highest BCUT2D eigenvalue weighted by atomic mass is 16.3. The summed E-state index contributed by atoms with van der Waals surface area (Å²) in [7, 11) is 2.00. The van der Waals surface area contributed by atoms with Crippen LogP contribution in [0, 0.1) is 5.92 Å². The summed E-state index contributed by atoms with van der Waals surface area (Å²) in [5.74, 6) is 0.845. The van der Waals surface area contributed by atoms with Gasteiger partial charge in [-0.05, 0) is 58.5 Å². The number of nitrogens with one attached hydrogen (secondary N) is 1. The average Bonchev–Trinajstić information content (AvgIpc) is 2.03. The van der Waals surface area contributed by atoms with Crippen molar-refractivity contribution in [3.05, 3.63) is 0 Å². The largest absolute Gasteiger partial charge is 0.390 e. The van der Waals surface area contributed by atoms with E-state index in [0.29, 0.717) is 0 Å². The van der Waals surface area contributed by atoms with Crippen LogP contribution in [0.3, 0.4) is 0 Å². The average molecular weight is 171 g/mol. The van der Waals surface area contributed by atoms with Gasteiger partial charge in [-0.3, -0.25) is 0 Å². The molecule has 0 heterocycles. The fraction of sp³-hybridized carbons (Fsp3) is 1.00. The van der Waals surface area contributed by atoms with Crippen molar-refractivity contribution in [2.45, 2.75) is 44.6 Å². The van der Waals surface area contributed by atoms with E-state index in [2.05, 4.69) is 5.32 Å². The van der Waals surface area contributed by atoms with Gasteiger partial charge in [0.25, 0.3) is 0 Å². The van der Waals surface area contributed by atoms with E-state index in [1.807, 2.05) is 14.0 Å². The van der Waals surface area contributed by atoms with E-state index >= 15 is 0 Å². The second-order valence-corrected chi connectivity index (χ2v) is 4.33. The quantitative estimate of drug-likeness (QED) is 0.675. The van der Waals surface area contributed by atoms with Gasteiger partial charge in [0.2, 0.25) is 0 Å². The molecular weight excluding hydrogens is 150 g/mol. The highest BCUT2D eigenvalue weighted by Gasteiger charge is 2.27. The predicted molar refractivity (Wildman–Crippen MR) is 51.1 cm³/mol. The number of hydrogen-bond donors (Lipinski definition) is 2. The topological polar surface area (TPSA) is 32.3 Å². The second-order valence-electron chi connectivity index (χ2n) is 4.33. The lowest BCUT2D eigenvalue weighted by Gasteiger charge is -2.33. The minimum Gasteiger partial charge on any atom is -0.390 e. The van der Waals surface area contributed by atoms with Crippen LogP contribution >= 0.6 is 0 Å². The van der Waals surface area contributed by atoms with Crippen LogP contribution < -0.4 is 5.32 Å². The Morgan fingerprint density at radius 3 is 2.50 bits per heavy atom. The Balaban J connectivity index is 2.18. The van der Waals surface area contributed by atoms with Crippen molar-refractivity contribution in [2.24, 2.45) is 5.92 Å². The van der Waals surface area contributed by atoms with Crippen molar-refractivity contribution in [2.75, 3.05) is 13.6 Å². The van der Waals surface area contributed by atoms with E-state index < -0.39 is 0 Å². The van der Waals surface area contributed by atoms with Crippen LogP contribution in [0.4, 0.5) is 0 Å². The molecule has 0 spiro atoms. The van der Waals surface area contributed by atoms with Crippen LogP contribution in [-0.4, -0.2) is 24.3 Å². The van der Waals surface area contributed by atoms with Gasteiger partial charge in [-0.25, -0.2) is 0 Å². The monoisotopic (exact) mass is 171 g/mol. The van der Waals surface area contributed by atoms with Crippen molar-refractivity contribution in [3.8, 4) is 0 Å². The summed E-state index contributed by atoms with van der Waals surface area (Å²) in [6.45, 7) is 3.08. The van der Waals surface area contributed by atoms with E-state index in [0.717, 1.165) is 25.3 Å². The van der Waals surface area contributed by atoms with Crippen molar-refractivity contribution >= 4 is 0 Å². The summed E-state index contributed by atoms with van der Waals surface area (Å²) in [6.07, 6.45) is 5.65. The van der Waals surface area contributed by atoms with Gasteiger partial charge in [0, 0.05) is 0 Å². The first-order valence-electron chi connectivity index (χ1n) is 5.01. The molecule has 0 amide bonds. The van der Waals surface area contributed by atoms with E-state index in [9.17, 15) is 5.11 Å². The van der Waals surface area contributed by atoms with Crippen molar-refractivity contribution in [1.82, 2.24) is 5.32 Å². The normalized spacial score (nSPS) is 36.8. The lowest BCUT2D eigenvalue weighted by Crippen LogP contribution is -2.31. The second kappa shape index (κ2) is 4.24. The first-order chi connectivity index (χ1) is 5.64. The van der Waals surface area contributed by atoms with Crippen molar-refractivity contribution in [3.63, 3.8) is 0 Å². The molecule has 2 heteroatoms. The molecule has 0 unspecified atom stereocenters. The lowest BCUT2D eigenvalue weighted by atomic mass is 9.79. The molecule has 1 aliphatic carbocycles. The number of rotatable bonds is 3. The Labute approximate surface area is 75.4 Å². The molecule has 0 radical (unpaired) electrons. The molecule has 0 aromatic rings. The summed E-state index contributed by atoms with van der Waals surface area (Å²) in [4.78, 5) is 0. The third-order valence-corrected chi connectivity index (χ3v) is 2.98. The van der Waals surface area contributed by atoms with Gasteiger partial charge in [-0.1, -0.05) is 0 Å². The van der Waals surface area contributed by atoms with Gasteiger partial charge in [0.15, 0.2) is 0 Å². The van der Waals surface area contributed by atoms with Gasteiger partial charge in [0.05, 0.1) is 5.60 Å². The minimum absolute atomic E-state index is 0.365. The van der Waals surface area contributed by atoms with Crippen LogP contribution in [0.1, 0.15) is 39.0 Å². The van der Waals surface area contributed by atoms with Crippen LogP contribution in [0.2, 0.25) is 0 Å². The summed E-state index contributed by atoms with van der Waals surface area (Å²) in [5.41, 5.74) is -0.365. The number of hydrogen-bond acceptors (Lipinski definition) is 2. The maximum Gasteiger partial charge on any atom is 0.0620 e. The lowest BCUT2D eigenvalue weighted by molar-refractivity contribution is 0.00710.